The molecule has 2 fully saturated rings. The van der Waals surface area contributed by atoms with Gasteiger partial charge in [-0.05, 0) is 111 Å². The Balaban J connectivity index is 1.42. The number of hydrogen-bond acceptors (Lipinski definition) is 17. The highest BCUT2D eigenvalue weighted by Gasteiger charge is 2.60. The number of aryl methyl sites for hydroxylation is 1. The fourth-order valence-electron chi connectivity index (χ4n) is 10.2. The predicted molar refractivity (Wildman–Crippen MR) is 261 cm³/mol. The minimum absolute atomic E-state index is 0.103. The molecular weight excluding hydrogens is 922 g/mol. The summed E-state index contributed by atoms with van der Waals surface area (Å²) in [5.41, 5.74) is 2.21. The number of nitrogens with two attached hydrogens (primary N) is 1. The third-order valence-electron chi connectivity index (χ3n) is 13.9. The largest absolute Gasteiger partial charge is 0.460 e. The van der Waals surface area contributed by atoms with Crippen molar-refractivity contribution in [3.63, 3.8) is 0 Å². The van der Waals surface area contributed by atoms with Gasteiger partial charge in [0.05, 0.1) is 48.3 Å². The van der Waals surface area contributed by atoms with Crippen LogP contribution >= 0.6 is 0 Å². The number of nitrogens with zero attached hydrogens (tertiary/aromatic N) is 5. The molecule has 0 aliphatic carbocycles. The van der Waals surface area contributed by atoms with Crippen LogP contribution in [0.3, 0.4) is 0 Å². The molecule has 13 atom stereocenters. The van der Waals surface area contributed by atoms with Gasteiger partial charge in [0, 0.05) is 43.4 Å². The second-order valence-corrected chi connectivity index (χ2v) is 19.9. The third kappa shape index (κ3) is 13.5. The molecule has 2 unspecified atom stereocenters. The van der Waals surface area contributed by atoms with Crippen LogP contribution in [0.25, 0.3) is 11.3 Å². The maximum absolute atomic E-state index is 17.3. The topological polar surface area (TPSA) is 239 Å². The number of cyclic esters (lactones) is 1. The molecule has 0 bridgehead atoms. The van der Waals surface area contributed by atoms with Crippen LogP contribution < -0.4 is 11.1 Å². The van der Waals surface area contributed by atoms with E-state index < -0.39 is 95.4 Å². The maximum atomic E-state index is 17.3. The zero-order chi connectivity index (χ0) is 52.4. The van der Waals surface area contributed by atoms with E-state index in [1.165, 1.54) is 21.0 Å². The standard InChI is InChI=1S/C51H76FN7O12/c1-12-39-51(8)42(59(48(65)71-51)24-17-16-23-58-30-38(55-56-58)36-21-18-22-37(53)27-36)33(4)54-29-31(2)28-49(6,66-11)44(32(3)43(62)50(7,52)47(64)69-39)70-46(41(61)40(34(5)60)57(9)10)68-26-25-67-45(63)35-19-14-13-15-20-35/h13-15,18-22,27,30-34,39-42,44,46,54,60-61H,12,16-17,23-26,28-29,53H2,1-11H3/t31-,32+,33-,34-,39-,40?,41?,42-,44-,46+,49-,50+,51-/m1/s1. The zero-order valence-electron chi connectivity index (χ0n) is 43.1. The molecule has 394 valence electrons. The van der Waals surface area contributed by atoms with Crippen molar-refractivity contribution in [3.05, 3.63) is 66.4 Å². The van der Waals surface area contributed by atoms with Gasteiger partial charge in [0.2, 0.25) is 0 Å². The number of hydrogen-bond donors (Lipinski definition) is 4. The fraction of sp³-hybridized carbons (Fsp3) is 0.647. The maximum Gasteiger partial charge on any atom is 0.410 e. The highest BCUT2D eigenvalue weighted by molar-refractivity contribution is 6.07. The summed E-state index contributed by atoms with van der Waals surface area (Å²) >= 11 is 0. The summed E-state index contributed by atoms with van der Waals surface area (Å²) in [6.07, 6.45) is -4.28. The van der Waals surface area contributed by atoms with Crippen LogP contribution in [0, 0.1) is 11.8 Å². The first-order valence-electron chi connectivity index (χ1n) is 24.5. The number of carbonyl (C=O) groups is 4. The number of amides is 1. The number of ketones is 1. The summed E-state index contributed by atoms with van der Waals surface area (Å²) < 4.78 is 55.5. The highest BCUT2D eigenvalue weighted by atomic mass is 19.1. The third-order valence-corrected chi connectivity index (χ3v) is 13.9. The van der Waals surface area contributed by atoms with Gasteiger partial charge in [-0.1, -0.05) is 56.3 Å². The van der Waals surface area contributed by atoms with E-state index in [-0.39, 0.29) is 38.5 Å². The average molecular weight is 998 g/mol. The number of aliphatic hydroxyl groups excluding tert-OH is 2. The van der Waals surface area contributed by atoms with E-state index in [2.05, 4.69) is 15.6 Å². The van der Waals surface area contributed by atoms with E-state index in [1.54, 1.807) is 85.7 Å². The molecule has 0 spiro atoms. The van der Waals surface area contributed by atoms with Crippen LogP contribution in [0.1, 0.15) is 91.4 Å². The van der Waals surface area contributed by atoms with E-state index in [4.69, 9.17) is 34.2 Å². The Morgan fingerprint density at radius 1 is 1.03 bits per heavy atom. The molecule has 2 aliphatic heterocycles. The van der Waals surface area contributed by atoms with Gasteiger partial charge in [-0.15, -0.1) is 5.10 Å². The van der Waals surface area contributed by atoms with E-state index in [0.717, 1.165) is 12.5 Å². The van der Waals surface area contributed by atoms with E-state index in [0.29, 0.717) is 42.9 Å². The number of fused-ring (bicyclic) bond motifs is 1. The van der Waals surface area contributed by atoms with Gasteiger partial charge < -0.3 is 54.6 Å². The van der Waals surface area contributed by atoms with Crippen molar-refractivity contribution in [3.8, 4) is 11.3 Å². The lowest BCUT2D eigenvalue weighted by Crippen LogP contribution is -2.61. The monoisotopic (exact) mass is 998 g/mol. The Hall–Kier alpha value is -5.09. The molecule has 71 heavy (non-hydrogen) atoms. The molecular formula is C51H76FN7O12. The molecule has 0 saturated carbocycles. The van der Waals surface area contributed by atoms with Gasteiger partial charge in [-0.3, -0.25) is 14.4 Å². The van der Waals surface area contributed by atoms with Gasteiger partial charge in [0.25, 0.3) is 5.67 Å². The van der Waals surface area contributed by atoms with Crippen LogP contribution in [0.4, 0.5) is 14.9 Å². The second-order valence-electron chi connectivity index (χ2n) is 19.9. The van der Waals surface area contributed by atoms with Crippen LogP contribution in [-0.4, -0.2) is 172 Å². The van der Waals surface area contributed by atoms with Gasteiger partial charge in [0.15, 0.2) is 17.7 Å². The van der Waals surface area contributed by atoms with Crippen LogP contribution in [0.15, 0.2) is 60.8 Å². The highest BCUT2D eigenvalue weighted by Crippen LogP contribution is 2.41. The molecule has 5 N–H and O–H groups in total. The quantitative estimate of drug-likeness (QED) is 0.0314. The van der Waals surface area contributed by atoms with Crippen LogP contribution in [-0.2, 0) is 44.6 Å². The molecule has 3 heterocycles. The zero-order valence-corrected chi connectivity index (χ0v) is 43.1. The summed E-state index contributed by atoms with van der Waals surface area (Å²) in [4.78, 5) is 58.7. The number of benzene rings is 2. The normalized spacial score (nSPS) is 29.6. The molecule has 1 aromatic heterocycles. The van der Waals surface area contributed by atoms with Crippen LogP contribution in [0.2, 0.25) is 0 Å². The Bertz CT molecular complexity index is 2230. The SMILES string of the molecule is CC[C@H]1OC(=O)[C@@](C)(F)C(=O)[C@H](C)[C@@H](O[C@H](OCCOC(=O)c2ccccc2)C(O)C([C@@H](C)O)N(C)C)[C@](C)(OC)C[C@@H](C)CN[C@H](C)[C@H]2N(CCCCn3cc(-c4cccc(N)c4)nn3)C(=O)O[C@]12C. The minimum atomic E-state index is -3.27. The van der Waals surface area contributed by atoms with Crippen molar-refractivity contribution in [1.29, 1.82) is 0 Å². The van der Waals surface area contributed by atoms with Crippen molar-refractivity contribution in [1.82, 2.24) is 30.1 Å². The lowest BCUT2D eigenvalue weighted by atomic mass is 9.78. The van der Waals surface area contributed by atoms with Crippen molar-refractivity contribution >= 4 is 29.5 Å². The first-order valence-corrected chi connectivity index (χ1v) is 24.5. The molecule has 0 radical (unpaired) electrons. The number of nitrogen functional groups attached to an aromatic ring is 1. The van der Waals surface area contributed by atoms with Gasteiger partial charge >= 0.3 is 18.0 Å². The molecule has 2 aliphatic rings. The van der Waals surface area contributed by atoms with E-state index in [9.17, 15) is 29.4 Å². The number of aliphatic hydroxyl groups is 2. The number of ether oxygens (including phenoxy) is 6. The Labute approximate surface area is 416 Å². The lowest BCUT2D eigenvalue weighted by molar-refractivity contribution is -0.271. The summed E-state index contributed by atoms with van der Waals surface area (Å²) in [6, 6.07) is 13.5. The Kier molecular flexibility index (Phi) is 19.7. The first-order chi connectivity index (χ1) is 33.5. The fourth-order valence-corrected chi connectivity index (χ4v) is 10.2. The summed E-state index contributed by atoms with van der Waals surface area (Å²) in [7, 11) is 4.70. The number of rotatable bonds is 19. The Morgan fingerprint density at radius 3 is 2.35 bits per heavy atom. The smallest absolute Gasteiger partial charge is 0.410 e. The average Bonchev–Trinajstić information content (AvgIpc) is 3.91. The van der Waals surface area contributed by atoms with E-state index in [1.807, 2.05) is 38.2 Å². The molecule has 5 rings (SSSR count). The number of Topliss-reactive ketones (excluding diaryl/α,β-unsaturated/α-hetero) is 1. The number of methoxy groups -OCH3 is 1. The second kappa shape index (κ2) is 24.6. The number of alkyl halides is 1. The van der Waals surface area contributed by atoms with Gasteiger partial charge in [0.1, 0.15) is 24.5 Å². The van der Waals surface area contributed by atoms with Crippen LogP contribution in [0.5, 0.6) is 0 Å². The predicted octanol–water partition coefficient (Wildman–Crippen LogP) is 4.82. The van der Waals surface area contributed by atoms with Crippen molar-refractivity contribution < 1.29 is 62.2 Å². The number of nitrogens with one attached hydrogen (secondary N) is 1. The van der Waals surface area contributed by atoms with Gasteiger partial charge in [-0.2, -0.15) is 0 Å². The summed E-state index contributed by atoms with van der Waals surface area (Å²) in [5, 5.41) is 34.9. The number of likely N-dealkylation sites (N-methyl/N-ethyl adjacent to an activating group) is 1. The van der Waals surface area contributed by atoms with Crippen molar-refractivity contribution in [2.24, 2.45) is 11.8 Å². The van der Waals surface area contributed by atoms with Crippen molar-refractivity contribution in [2.45, 2.75) is 153 Å². The molecule has 2 aromatic carbocycles. The molecule has 1 amide bonds. The number of anilines is 1. The number of esters is 2. The molecule has 19 nitrogen and oxygen atoms in total. The van der Waals surface area contributed by atoms with Gasteiger partial charge in [-0.25, -0.2) is 18.8 Å². The van der Waals surface area contributed by atoms with Crippen molar-refractivity contribution in [2.75, 3.05) is 53.2 Å². The Morgan fingerprint density at radius 2 is 1.72 bits per heavy atom. The molecule has 3 aromatic rings. The number of halogens is 1. The number of unbranched alkanes of at least 4 members (excludes halogenated alkanes) is 1. The van der Waals surface area contributed by atoms with E-state index >= 15 is 4.39 Å². The molecule has 2 saturated heterocycles. The summed E-state index contributed by atoms with van der Waals surface area (Å²) in [5.74, 6) is -5.01. The first kappa shape index (κ1) is 56.8. The number of aromatic nitrogens is 3. The lowest BCUT2D eigenvalue weighted by Gasteiger charge is -2.44. The minimum Gasteiger partial charge on any atom is -0.460 e. The number of carbonyl (C=O) groups excluding carboxylic acids is 4. The molecule has 20 heteroatoms. The summed E-state index contributed by atoms with van der Waals surface area (Å²) in [6.45, 7) is 13.2.